The molecular weight excluding hydrogens is 452 g/mol. The molecule has 0 unspecified atom stereocenters. The second-order valence-electron chi connectivity index (χ2n) is 9.30. The molecule has 0 fully saturated rings. The van der Waals surface area contributed by atoms with Gasteiger partial charge in [-0.15, -0.1) is 0 Å². The van der Waals surface area contributed by atoms with Crippen molar-refractivity contribution in [3.05, 3.63) is 127 Å². The monoisotopic (exact) mass is 482 g/mol. The number of para-hydroxylation sites is 9. The van der Waals surface area contributed by atoms with Gasteiger partial charge in [-0.05, 0) is 60.7 Å². The molecule has 2 aliphatic heterocycles. The van der Waals surface area contributed by atoms with E-state index in [0.29, 0.717) is 0 Å². The lowest BCUT2D eigenvalue weighted by atomic mass is 10.1. The Morgan fingerprint density at radius 1 is 0.297 bits per heavy atom. The SMILES string of the molecule is CN1c2ccccc2N(C)c2ccccc21.CN1c2ccccc2N(c2ccccc2)c2ccccc21. The Bertz CT molecular complexity index is 1400. The topological polar surface area (TPSA) is 13.0 Å². The van der Waals surface area contributed by atoms with Gasteiger partial charge in [-0.2, -0.15) is 0 Å². The fourth-order valence-electron chi connectivity index (χ4n) is 5.31. The second-order valence-corrected chi connectivity index (χ2v) is 9.30. The Morgan fingerprint density at radius 2 is 0.541 bits per heavy atom. The molecule has 5 aromatic carbocycles. The zero-order valence-electron chi connectivity index (χ0n) is 21.4. The second kappa shape index (κ2) is 9.40. The van der Waals surface area contributed by atoms with Crippen LogP contribution in [0.3, 0.4) is 0 Å². The van der Waals surface area contributed by atoms with Crippen LogP contribution in [-0.2, 0) is 0 Å². The number of nitrogens with zero attached hydrogens (tertiary/aromatic N) is 4. The summed E-state index contributed by atoms with van der Waals surface area (Å²) >= 11 is 0. The summed E-state index contributed by atoms with van der Waals surface area (Å²) in [5, 5.41) is 0. The average Bonchev–Trinajstić information content (AvgIpc) is 2.97. The van der Waals surface area contributed by atoms with Crippen LogP contribution in [0.4, 0.5) is 51.2 Å². The quantitative estimate of drug-likeness (QED) is 0.237. The maximum Gasteiger partial charge on any atom is 0.0699 e. The summed E-state index contributed by atoms with van der Waals surface area (Å²) in [6.07, 6.45) is 0. The van der Waals surface area contributed by atoms with E-state index in [1.165, 1.54) is 51.2 Å². The number of benzene rings is 5. The third-order valence-electron chi connectivity index (χ3n) is 7.19. The van der Waals surface area contributed by atoms with Crippen molar-refractivity contribution in [1.29, 1.82) is 0 Å². The van der Waals surface area contributed by atoms with Crippen LogP contribution in [0.25, 0.3) is 0 Å². The molecule has 2 heterocycles. The van der Waals surface area contributed by atoms with E-state index in [4.69, 9.17) is 0 Å². The molecule has 0 saturated carbocycles. The molecule has 0 saturated heterocycles. The Balaban J connectivity index is 0.000000141. The first-order valence-corrected chi connectivity index (χ1v) is 12.6. The first-order valence-electron chi connectivity index (χ1n) is 12.6. The van der Waals surface area contributed by atoms with Gasteiger partial charge >= 0.3 is 0 Å². The maximum atomic E-state index is 2.32. The zero-order chi connectivity index (χ0) is 25.4. The van der Waals surface area contributed by atoms with Crippen molar-refractivity contribution in [2.45, 2.75) is 0 Å². The van der Waals surface area contributed by atoms with Crippen LogP contribution in [0.5, 0.6) is 0 Å². The molecule has 182 valence electrons. The normalized spacial score (nSPS) is 13.1. The highest BCUT2D eigenvalue weighted by Gasteiger charge is 2.26. The molecule has 4 heteroatoms. The lowest BCUT2D eigenvalue weighted by Gasteiger charge is -2.38. The van der Waals surface area contributed by atoms with Gasteiger partial charge in [0.1, 0.15) is 0 Å². The Labute approximate surface area is 219 Å². The van der Waals surface area contributed by atoms with Gasteiger partial charge in [0.25, 0.3) is 0 Å². The standard InChI is InChI=1S/C19H16N2.C14H14N2/c1-20-16-11-5-7-13-18(16)21(15-9-3-2-4-10-15)19-14-8-6-12-17(19)20;1-15-11-7-3-5-9-13(11)16(2)14-10-6-4-8-12(14)15/h2-14H,1H3;3-10H,1-2H3. The van der Waals surface area contributed by atoms with Crippen LogP contribution in [0.1, 0.15) is 0 Å². The number of rotatable bonds is 1. The highest BCUT2D eigenvalue weighted by molar-refractivity contribution is 5.97. The largest absolute Gasteiger partial charge is 0.341 e. The van der Waals surface area contributed by atoms with E-state index >= 15 is 0 Å². The van der Waals surface area contributed by atoms with Gasteiger partial charge in [-0.3, -0.25) is 0 Å². The summed E-state index contributed by atoms with van der Waals surface area (Å²) < 4.78 is 0. The fraction of sp³-hybridized carbons (Fsp3) is 0.0909. The molecule has 5 aromatic rings. The van der Waals surface area contributed by atoms with E-state index in [9.17, 15) is 0 Å². The van der Waals surface area contributed by atoms with Gasteiger partial charge in [0.2, 0.25) is 0 Å². The number of hydrogen-bond acceptors (Lipinski definition) is 4. The number of fused-ring (bicyclic) bond motifs is 4. The molecule has 0 atom stereocenters. The van der Waals surface area contributed by atoms with Gasteiger partial charge < -0.3 is 19.6 Å². The highest BCUT2D eigenvalue weighted by atomic mass is 15.3. The minimum absolute atomic E-state index is 1.19. The minimum Gasteiger partial charge on any atom is -0.341 e. The van der Waals surface area contributed by atoms with Crippen LogP contribution in [0.15, 0.2) is 127 Å². The van der Waals surface area contributed by atoms with Gasteiger partial charge in [0.15, 0.2) is 0 Å². The molecule has 37 heavy (non-hydrogen) atoms. The van der Waals surface area contributed by atoms with Crippen LogP contribution in [-0.4, -0.2) is 21.1 Å². The van der Waals surface area contributed by atoms with Gasteiger partial charge in [0.05, 0.1) is 45.5 Å². The van der Waals surface area contributed by atoms with Crippen LogP contribution >= 0.6 is 0 Å². The van der Waals surface area contributed by atoms with Crippen molar-refractivity contribution in [2.24, 2.45) is 0 Å². The number of anilines is 9. The molecule has 0 N–H and O–H groups in total. The summed E-state index contributed by atoms with van der Waals surface area (Å²) in [5.74, 6) is 0. The maximum absolute atomic E-state index is 2.32. The summed E-state index contributed by atoms with van der Waals surface area (Å²) in [4.78, 5) is 9.06. The van der Waals surface area contributed by atoms with E-state index in [0.717, 1.165) is 0 Å². The Kier molecular flexibility index (Phi) is 5.78. The smallest absolute Gasteiger partial charge is 0.0699 e. The zero-order valence-corrected chi connectivity index (χ0v) is 21.4. The molecule has 0 aliphatic carbocycles. The van der Waals surface area contributed by atoms with E-state index in [1.54, 1.807) is 0 Å². The van der Waals surface area contributed by atoms with Crippen molar-refractivity contribution in [3.8, 4) is 0 Å². The Hall–Kier alpha value is -4.70. The number of hydrogen-bond donors (Lipinski definition) is 0. The molecule has 0 bridgehead atoms. The Morgan fingerprint density at radius 3 is 0.865 bits per heavy atom. The third kappa shape index (κ3) is 3.87. The van der Waals surface area contributed by atoms with Crippen molar-refractivity contribution in [1.82, 2.24) is 0 Å². The molecule has 0 spiro atoms. The molecule has 7 rings (SSSR count). The lowest BCUT2D eigenvalue weighted by Crippen LogP contribution is -2.23. The van der Waals surface area contributed by atoms with Gasteiger partial charge in [-0.1, -0.05) is 66.7 Å². The highest BCUT2D eigenvalue weighted by Crippen LogP contribution is 2.50. The van der Waals surface area contributed by atoms with Gasteiger partial charge in [-0.25, -0.2) is 0 Å². The summed E-state index contributed by atoms with van der Waals surface area (Å²) in [6.45, 7) is 0. The molecule has 4 nitrogen and oxygen atoms in total. The predicted molar refractivity (Wildman–Crippen MR) is 158 cm³/mol. The van der Waals surface area contributed by atoms with E-state index < -0.39 is 0 Å². The van der Waals surface area contributed by atoms with Crippen LogP contribution in [0.2, 0.25) is 0 Å². The predicted octanol–water partition coefficient (Wildman–Crippen LogP) is 8.77. The van der Waals surface area contributed by atoms with Crippen LogP contribution in [0, 0.1) is 0 Å². The van der Waals surface area contributed by atoms with Crippen LogP contribution < -0.4 is 19.6 Å². The molecule has 0 radical (unpaired) electrons. The van der Waals surface area contributed by atoms with E-state index in [2.05, 4.69) is 168 Å². The molecule has 2 aliphatic rings. The fourth-order valence-corrected chi connectivity index (χ4v) is 5.31. The third-order valence-corrected chi connectivity index (χ3v) is 7.19. The van der Waals surface area contributed by atoms with Crippen molar-refractivity contribution >= 4 is 51.2 Å². The van der Waals surface area contributed by atoms with Crippen molar-refractivity contribution in [3.63, 3.8) is 0 Å². The van der Waals surface area contributed by atoms with E-state index in [1.807, 2.05) is 0 Å². The molecular formula is C33H30N4. The summed E-state index contributed by atoms with van der Waals surface area (Å²) in [6, 6.07) is 44.5. The van der Waals surface area contributed by atoms with Gasteiger partial charge in [0, 0.05) is 26.8 Å². The van der Waals surface area contributed by atoms with Crippen molar-refractivity contribution in [2.75, 3.05) is 40.7 Å². The minimum atomic E-state index is 1.19. The van der Waals surface area contributed by atoms with Crippen molar-refractivity contribution < 1.29 is 0 Å². The van der Waals surface area contributed by atoms with E-state index in [-0.39, 0.29) is 0 Å². The molecule has 0 aromatic heterocycles. The first-order chi connectivity index (χ1) is 18.1. The summed E-state index contributed by atoms with van der Waals surface area (Å²) in [5.41, 5.74) is 11.1. The molecule has 0 amide bonds. The first kappa shape index (κ1) is 22.7. The average molecular weight is 483 g/mol. The summed E-state index contributed by atoms with van der Waals surface area (Å²) in [7, 11) is 6.36. The lowest BCUT2D eigenvalue weighted by molar-refractivity contribution is 1.10.